The van der Waals surface area contributed by atoms with Gasteiger partial charge in [-0.3, -0.25) is 14.4 Å². The highest BCUT2D eigenvalue weighted by Gasteiger charge is 2.16. The molecule has 1 atom stereocenters. The Labute approximate surface area is 241 Å². The van der Waals surface area contributed by atoms with Gasteiger partial charge in [0.25, 0.3) is 0 Å². The van der Waals surface area contributed by atoms with Gasteiger partial charge >= 0.3 is 17.9 Å². The van der Waals surface area contributed by atoms with Gasteiger partial charge in [-0.15, -0.1) is 0 Å². The molecule has 0 saturated carbocycles. The number of esters is 2. The van der Waals surface area contributed by atoms with Crippen LogP contribution >= 0.6 is 0 Å². The number of ether oxygens (including phenoxy) is 1. The first-order valence-electron chi connectivity index (χ1n) is 17.0. The summed E-state index contributed by atoms with van der Waals surface area (Å²) in [6.45, 7) is 4.34. The lowest BCUT2D eigenvalue weighted by Gasteiger charge is -2.11. The number of unbranched alkanes of at least 4 members (excludes halogenated alkanes) is 21. The molecule has 0 aliphatic heterocycles. The normalized spacial score (nSPS) is 11.9. The number of aliphatic carboxylic acids is 1. The van der Waals surface area contributed by atoms with E-state index in [2.05, 4.69) is 13.8 Å². The van der Waals surface area contributed by atoms with E-state index in [-0.39, 0.29) is 12.3 Å². The van der Waals surface area contributed by atoms with E-state index in [1.807, 2.05) is 0 Å². The minimum atomic E-state index is -0.719. The van der Waals surface area contributed by atoms with E-state index in [1.54, 1.807) is 0 Å². The summed E-state index contributed by atoms with van der Waals surface area (Å²) < 4.78 is 4.93. The highest BCUT2D eigenvalue weighted by Crippen LogP contribution is 2.18. The Morgan fingerprint density at radius 3 is 1.13 bits per heavy atom. The fourth-order valence-electron chi connectivity index (χ4n) is 5.26. The molecule has 0 saturated heterocycles. The predicted octanol–water partition coefficient (Wildman–Crippen LogP) is 10.7. The van der Waals surface area contributed by atoms with Crippen LogP contribution in [-0.2, 0) is 19.1 Å². The molecule has 1 N–H and O–H groups in total. The molecule has 0 rings (SSSR count). The van der Waals surface area contributed by atoms with Crippen molar-refractivity contribution < 1.29 is 24.2 Å². The topological polar surface area (TPSA) is 80.7 Å². The second-order valence-corrected chi connectivity index (χ2v) is 11.7. The Balaban J connectivity index is 3.40. The van der Waals surface area contributed by atoms with Crippen molar-refractivity contribution in [2.45, 2.75) is 194 Å². The van der Waals surface area contributed by atoms with Gasteiger partial charge in [0.2, 0.25) is 0 Å². The third-order valence-corrected chi connectivity index (χ3v) is 7.90. The van der Waals surface area contributed by atoms with Crippen LogP contribution in [0.3, 0.4) is 0 Å². The summed E-state index contributed by atoms with van der Waals surface area (Å²) in [6, 6.07) is 0. The summed E-state index contributed by atoms with van der Waals surface area (Å²) in [4.78, 5) is 35.0. The quantitative estimate of drug-likeness (QED) is 0.0544. The maximum atomic E-state index is 11.9. The van der Waals surface area contributed by atoms with Crippen molar-refractivity contribution in [2.24, 2.45) is 5.92 Å². The van der Waals surface area contributed by atoms with Crippen LogP contribution in [0.15, 0.2) is 0 Å². The second-order valence-electron chi connectivity index (χ2n) is 11.7. The Morgan fingerprint density at radius 1 is 0.462 bits per heavy atom. The Hall–Kier alpha value is -1.39. The predicted molar refractivity (Wildman–Crippen MR) is 163 cm³/mol. The zero-order chi connectivity index (χ0) is 28.8. The van der Waals surface area contributed by atoms with Crippen molar-refractivity contribution in [3.05, 3.63) is 0 Å². The fraction of sp³-hybridized carbons (Fsp3) is 0.912. The van der Waals surface area contributed by atoms with E-state index in [0.717, 1.165) is 51.4 Å². The average molecular weight is 553 g/mol. The Bertz CT molecular complexity index is 574. The number of carbonyl (C=O) groups is 3. The molecule has 1 unspecified atom stereocenters. The number of rotatable bonds is 30. The summed E-state index contributed by atoms with van der Waals surface area (Å²) in [5.41, 5.74) is 0. The maximum Gasteiger partial charge on any atom is 0.313 e. The molecule has 5 nitrogen and oxygen atoms in total. The largest absolute Gasteiger partial charge is 0.481 e. The molecule has 0 aromatic rings. The fourth-order valence-corrected chi connectivity index (χ4v) is 5.26. The van der Waals surface area contributed by atoms with Crippen molar-refractivity contribution in [2.75, 3.05) is 0 Å². The minimum Gasteiger partial charge on any atom is -0.481 e. The van der Waals surface area contributed by atoms with Gasteiger partial charge < -0.3 is 9.84 Å². The van der Waals surface area contributed by atoms with Crippen LogP contribution in [0.2, 0.25) is 0 Å². The van der Waals surface area contributed by atoms with E-state index in [0.29, 0.717) is 19.3 Å². The van der Waals surface area contributed by atoms with E-state index >= 15 is 0 Å². The van der Waals surface area contributed by atoms with Crippen LogP contribution in [0.4, 0.5) is 0 Å². The van der Waals surface area contributed by atoms with Crippen LogP contribution in [-0.4, -0.2) is 23.0 Å². The minimum absolute atomic E-state index is 0.234. The molecule has 0 amide bonds. The lowest BCUT2D eigenvalue weighted by Crippen LogP contribution is -2.14. The molecular weight excluding hydrogens is 488 g/mol. The molecule has 0 aromatic heterocycles. The van der Waals surface area contributed by atoms with Gasteiger partial charge in [0.15, 0.2) is 0 Å². The van der Waals surface area contributed by atoms with Crippen LogP contribution in [0, 0.1) is 5.92 Å². The van der Waals surface area contributed by atoms with Crippen LogP contribution in [0.1, 0.15) is 194 Å². The van der Waals surface area contributed by atoms with Crippen LogP contribution < -0.4 is 0 Å². The zero-order valence-corrected chi connectivity index (χ0v) is 26.0. The van der Waals surface area contributed by atoms with E-state index in [4.69, 9.17) is 4.74 Å². The van der Waals surface area contributed by atoms with Gasteiger partial charge in [-0.1, -0.05) is 155 Å². The number of hydrogen-bond donors (Lipinski definition) is 1. The second kappa shape index (κ2) is 29.6. The molecule has 0 aromatic carbocycles. The van der Waals surface area contributed by atoms with Crippen molar-refractivity contribution in [3.63, 3.8) is 0 Å². The molecule has 0 aliphatic rings. The molecule has 0 bridgehead atoms. The first-order valence-corrected chi connectivity index (χ1v) is 17.0. The number of carboxylic acid groups (broad SMARTS) is 1. The standard InChI is InChI=1S/C34H64O5/c1-3-5-7-8-9-10-11-12-13-14-15-16-17-18-19-20-21-22-25-29-32(35)39-33(36)30-26-23-24-28-31(34(37)38)27-6-4-2/h31H,3-30H2,1-2H3,(H,37,38). The van der Waals surface area contributed by atoms with Crippen LogP contribution in [0.25, 0.3) is 0 Å². The smallest absolute Gasteiger partial charge is 0.313 e. The molecular formula is C34H64O5. The summed E-state index contributed by atoms with van der Waals surface area (Å²) >= 11 is 0. The van der Waals surface area contributed by atoms with Gasteiger partial charge in [0.05, 0.1) is 5.92 Å². The molecule has 230 valence electrons. The molecule has 0 spiro atoms. The highest BCUT2D eigenvalue weighted by atomic mass is 16.6. The molecule has 0 radical (unpaired) electrons. The van der Waals surface area contributed by atoms with Crippen molar-refractivity contribution in [3.8, 4) is 0 Å². The molecule has 0 fully saturated rings. The third kappa shape index (κ3) is 28.0. The van der Waals surface area contributed by atoms with Crippen molar-refractivity contribution in [1.29, 1.82) is 0 Å². The van der Waals surface area contributed by atoms with Gasteiger partial charge in [-0.05, 0) is 25.7 Å². The van der Waals surface area contributed by atoms with Crippen LogP contribution in [0.5, 0.6) is 0 Å². The Kier molecular flexibility index (Phi) is 28.5. The number of hydrogen-bond acceptors (Lipinski definition) is 4. The first kappa shape index (κ1) is 37.6. The summed E-state index contributed by atoms with van der Waals surface area (Å²) in [6.07, 6.45) is 31.1. The summed E-state index contributed by atoms with van der Waals surface area (Å²) in [5, 5.41) is 9.26. The highest BCUT2D eigenvalue weighted by molar-refractivity contribution is 5.85. The summed E-state index contributed by atoms with van der Waals surface area (Å²) in [7, 11) is 0. The van der Waals surface area contributed by atoms with E-state index < -0.39 is 17.9 Å². The average Bonchev–Trinajstić information content (AvgIpc) is 2.91. The SMILES string of the molecule is CCCCCCCCCCCCCCCCCCCCCC(=O)OC(=O)CCCCCC(CCCC)C(=O)O. The van der Waals surface area contributed by atoms with E-state index in [1.165, 1.54) is 103 Å². The number of carbonyl (C=O) groups excluding carboxylic acids is 2. The van der Waals surface area contributed by atoms with Gasteiger partial charge in [-0.25, -0.2) is 0 Å². The van der Waals surface area contributed by atoms with E-state index in [9.17, 15) is 19.5 Å². The molecule has 5 heteroatoms. The zero-order valence-electron chi connectivity index (χ0n) is 26.0. The van der Waals surface area contributed by atoms with Gasteiger partial charge in [0.1, 0.15) is 0 Å². The van der Waals surface area contributed by atoms with Crippen molar-refractivity contribution in [1.82, 2.24) is 0 Å². The first-order chi connectivity index (χ1) is 19.0. The lowest BCUT2D eigenvalue weighted by atomic mass is 9.95. The van der Waals surface area contributed by atoms with Gasteiger partial charge in [0, 0.05) is 12.8 Å². The molecule has 39 heavy (non-hydrogen) atoms. The number of carboxylic acids is 1. The van der Waals surface area contributed by atoms with Crippen molar-refractivity contribution >= 4 is 17.9 Å². The van der Waals surface area contributed by atoms with Gasteiger partial charge in [-0.2, -0.15) is 0 Å². The molecule has 0 heterocycles. The lowest BCUT2D eigenvalue weighted by molar-refractivity contribution is -0.159. The molecule has 0 aliphatic carbocycles. The Morgan fingerprint density at radius 2 is 0.769 bits per heavy atom. The third-order valence-electron chi connectivity index (χ3n) is 7.90. The summed E-state index contributed by atoms with van der Waals surface area (Å²) in [5.74, 6) is -1.85. The maximum absolute atomic E-state index is 11.9. The monoisotopic (exact) mass is 552 g/mol.